The predicted octanol–water partition coefficient (Wildman–Crippen LogP) is 3.48. The van der Waals surface area contributed by atoms with Gasteiger partial charge >= 0.3 is 0 Å². The van der Waals surface area contributed by atoms with E-state index in [2.05, 4.69) is 15.3 Å². The summed E-state index contributed by atoms with van der Waals surface area (Å²) in [6.45, 7) is 3.62. The van der Waals surface area contributed by atoms with Crippen LogP contribution in [0.5, 0.6) is 0 Å². The maximum atomic E-state index is 13.7. The first-order valence-electron chi connectivity index (χ1n) is 6.47. The van der Waals surface area contributed by atoms with Crippen molar-refractivity contribution in [2.24, 2.45) is 0 Å². The van der Waals surface area contributed by atoms with E-state index < -0.39 is 17.5 Å². The number of hydrogen-bond acceptors (Lipinski definition) is 4. The van der Waals surface area contributed by atoms with Crippen LogP contribution in [0, 0.1) is 24.4 Å². The van der Waals surface area contributed by atoms with Crippen molar-refractivity contribution in [3.05, 3.63) is 41.0 Å². The molecule has 0 aliphatic carbocycles. The van der Waals surface area contributed by atoms with E-state index in [0.717, 1.165) is 12.5 Å². The normalized spacial score (nSPS) is 10.7. The molecule has 0 atom stereocenters. The third kappa shape index (κ3) is 3.24. The molecule has 1 heterocycles. The Morgan fingerprint density at radius 2 is 1.76 bits per heavy atom. The Hall–Kier alpha value is -2.31. The van der Waals surface area contributed by atoms with Crippen LogP contribution in [-0.2, 0) is 6.42 Å². The summed E-state index contributed by atoms with van der Waals surface area (Å²) in [5, 5.41) is 2.64. The van der Waals surface area contributed by atoms with Crippen LogP contribution in [0.3, 0.4) is 0 Å². The summed E-state index contributed by atoms with van der Waals surface area (Å²) in [6, 6.07) is 1.21. The molecule has 112 valence electrons. The minimum Gasteiger partial charge on any atom is -0.383 e. The number of benzene rings is 1. The highest BCUT2D eigenvalue weighted by atomic mass is 19.2. The number of nitrogen functional groups attached to an aromatic ring is 1. The van der Waals surface area contributed by atoms with E-state index in [1.807, 2.05) is 6.92 Å². The number of hydrogen-bond donors (Lipinski definition) is 2. The summed E-state index contributed by atoms with van der Waals surface area (Å²) in [5.41, 5.74) is 6.08. The Balaban J connectivity index is 2.41. The van der Waals surface area contributed by atoms with Gasteiger partial charge in [0.1, 0.15) is 23.3 Å². The van der Waals surface area contributed by atoms with Crippen molar-refractivity contribution in [3.63, 3.8) is 0 Å². The highest BCUT2D eigenvalue weighted by Crippen LogP contribution is 2.25. The number of nitrogens with two attached hydrogens (primary N) is 1. The third-order valence-electron chi connectivity index (χ3n) is 2.97. The van der Waals surface area contributed by atoms with Crippen LogP contribution >= 0.6 is 0 Å². The molecule has 1 aromatic carbocycles. The summed E-state index contributed by atoms with van der Waals surface area (Å²) >= 11 is 0. The van der Waals surface area contributed by atoms with Crippen LogP contribution < -0.4 is 11.1 Å². The molecule has 0 saturated carbocycles. The maximum absolute atomic E-state index is 13.7. The van der Waals surface area contributed by atoms with Crippen molar-refractivity contribution in [3.8, 4) is 0 Å². The first kappa shape index (κ1) is 15.1. The van der Waals surface area contributed by atoms with Crippen LogP contribution in [0.4, 0.5) is 30.5 Å². The first-order chi connectivity index (χ1) is 9.92. The number of nitrogens with zero attached hydrogens (tertiary/aromatic N) is 2. The first-order valence-corrected chi connectivity index (χ1v) is 6.47. The number of rotatable bonds is 4. The van der Waals surface area contributed by atoms with Crippen molar-refractivity contribution in [2.45, 2.75) is 26.7 Å². The zero-order chi connectivity index (χ0) is 15.6. The van der Waals surface area contributed by atoms with Crippen molar-refractivity contribution in [2.75, 3.05) is 11.1 Å². The van der Waals surface area contributed by atoms with Gasteiger partial charge in [-0.2, -0.15) is 0 Å². The van der Waals surface area contributed by atoms with Gasteiger partial charge in [0.2, 0.25) is 0 Å². The summed E-state index contributed by atoms with van der Waals surface area (Å²) in [7, 11) is 0. The van der Waals surface area contributed by atoms with Crippen molar-refractivity contribution in [1.82, 2.24) is 9.97 Å². The SMILES string of the molecule is CCCc1nc(N)c(C)c(Nc2cc(F)c(F)cc2F)n1. The van der Waals surface area contributed by atoms with Gasteiger partial charge < -0.3 is 11.1 Å². The Morgan fingerprint density at radius 3 is 2.43 bits per heavy atom. The Morgan fingerprint density at radius 1 is 1.10 bits per heavy atom. The van der Waals surface area contributed by atoms with Crippen LogP contribution in [0.1, 0.15) is 24.7 Å². The summed E-state index contributed by atoms with van der Waals surface area (Å²) in [4.78, 5) is 8.34. The molecule has 0 saturated heterocycles. The second-order valence-electron chi connectivity index (χ2n) is 4.62. The van der Waals surface area contributed by atoms with E-state index in [-0.39, 0.29) is 17.3 Å². The van der Waals surface area contributed by atoms with E-state index >= 15 is 0 Å². The standard InChI is InChI=1S/C14H15F3N4/c1-3-4-12-20-13(18)7(2)14(21-12)19-11-6-9(16)8(15)5-10(11)17/h5-6H,3-4H2,1-2H3,(H3,18,19,20,21). The number of aryl methyl sites for hydroxylation is 1. The monoisotopic (exact) mass is 296 g/mol. The quantitative estimate of drug-likeness (QED) is 0.848. The second-order valence-corrected chi connectivity index (χ2v) is 4.62. The van der Waals surface area contributed by atoms with Gasteiger partial charge in [-0.15, -0.1) is 0 Å². The van der Waals surface area contributed by atoms with Crippen molar-refractivity contribution in [1.29, 1.82) is 0 Å². The predicted molar refractivity (Wildman–Crippen MR) is 74.8 cm³/mol. The zero-order valence-electron chi connectivity index (χ0n) is 11.7. The van der Waals surface area contributed by atoms with Crippen LogP contribution in [-0.4, -0.2) is 9.97 Å². The molecule has 7 heteroatoms. The lowest BCUT2D eigenvalue weighted by molar-refractivity contribution is 0.496. The molecule has 2 aromatic rings. The Kier molecular flexibility index (Phi) is 4.30. The molecule has 4 nitrogen and oxygen atoms in total. The van der Waals surface area contributed by atoms with Crippen LogP contribution in [0.15, 0.2) is 12.1 Å². The van der Waals surface area contributed by atoms with E-state index in [9.17, 15) is 13.2 Å². The zero-order valence-corrected chi connectivity index (χ0v) is 11.7. The second kappa shape index (κ2) is 5.99. The fourth-order valence-electron chi connectivity index (χ4n) is 1.79. The minimum absolute atomic E-state index is 0.211. The third-order valence-corrected chi connectivity index (χ3v) is 2.97. The minimum atomic E-state index is -1.25. The topological polar surface area (TPSA) is 63.8 Å². The molecule has 0 fully saturated rings. The summed E-state index contributed by atoms with van der Waals surface area (Å²) in [6.07, 6.45) is 1.43. The molecule has 1 aromatic heterocycles. The van der Waals surface area contributed by atoms with Gasteiger partial charge in [0.25, 0.3) is 0 Å². The highest BCUT2D eigenvalue weighted by Gasteiger charge is 2.13. The average Bonchev–Trinajstić information content (AvgIpc) is 2.42. The smallest absolute Gasteiger partial charge is 0.161 e. The molecule has 0 aliphatic heterocycles. The van der Waals surface area contributed by atoms with Gasteiger partial charge in [-0.1, -0.05) is 6.92 Å². The largest absolute Gasteiger partial charge is 0.383 e. The lowest BCUT2D eigenvalue weighted by Gasteiger charge is -2.12. The van der Waals surface area contributed by atoms with Crippen molar-refractivity contribution < 1.29 is 13.2 Å². The van der Waals surface area contributed by atoms with E-state index in [1.165, 1.54) is 0 Å². The molecular formula is C14H15F3N4. The molecule has 0 radical (unpaired) electrons. The van der Waals surface area contributed by atoms with Gasteiger partial charge in [0.05, 0.1) is 5.69 Å². The number of aromatic nitrogens is 2. The highest BCUT2D eigenvalue weighted by molar-refractivity contribution is 5.64. The molecule has 0 spiro atoms. The fourth-order valence-corrected chi connectivity index (χ4v) is 1.79. The molecule has 0 unspecified atom stereocenters. The Bertz CT molecular complexity index is 674. The lowest BCUT2D eigenvalue weighted by Crippen LogP contribution is -2.08. The van der Waals surface area contributed by atoms with E-state index in [4.69, 9.17) is 5.73 Å². The molecule has 2 rings (SSSR count). The van der Waals surface area contributed by atoms with Gasteiger partial charge in [0.15, 0.2) is 11.6 Å². The van der Waals surface area contributed by atoms with E-state index in [1.54, 1.807) is 6.92 Å². The molecule has 0 amide bonds. The van der Waals surface area contributed by atoms with Gasteiger partial charge in [-0.3, -0.25) is 0 Å². The number of anilines is 3. The Labute approximate surface area is 120 Å². The van der Waals surface area contributed by atoms with Gasteiger partial charge in [0, 0.05) is 24.1 Å². The summed E-state index contributed by atoms with van der Waals surface area (Å²) < 4.78 is 39.8. The van der Waals surface area contributed by atoms with Crippen molar-refractivity contribution >= 4 is 17.3 Å². The lowest BCUT2D eigenvalue weighted by atomic mass is 10.2. The fraction of sp³-hybridized carbons (Fsp3) is 0.286. The molecule has 3 N–H and O–H groups in total. The van der Waals surface area contributed by atoms with Gasteiger partial charge in [-0.25, -0.2) is 23.1 Å². The van der Waals surface area contributed by atoms with Crippen LogP contribution in [0.2, 0.25) is 0 Å². The molecule has 0 aliphatic rings. The molecular weight excluding hydrogens is 281 g/mol. The average molecular weight is 296 g/mol. The van der Waals surface area contributed by atoms with Gasteiger partial charge in [-0.05, 0) is 13.3 Å². The van der Waals surface area contributed by atoms with Crippen LogP contribution in [0.25, 0.3) is 0 Å². The van der Waals surface area contributed by atoms with E-state index in [0.29, 0.717) is 23.9 Å². The number of halogens is 3. The summed E-state index contributed by atoms with van der Waals surface area (Å²) in [5.74, 6) is -2.26. The molecule has 21 heavy (non-hydrogen) atoms. The molecule has 0 bridgehead atoms. The number of nitrogens with one attached hydrogen (secondary N) is 1. The maximum Gasteiger partial charge on any atom is 0.161 e.